The summed E-state index contributed by atoms with van der Waals surface area (Å²) in [7, 11) is 0. The highest BCUT2D eigenvalue weighted by Crippen LogP contribution is 2.17. The molecule has 0 saturated carbocycles. The highest BCUT2D eigenvalue weighted by molar-refractivity contribution is 14.0. The summed E-state index contributed by atoms with van der Waals surface area (Å²) < 4.78 is 0. The second-order valence-corrected chi connectivity index (χ2v) is 6.87. The van der Waals surface area contributed by atoms with E-state index in [1.807, 2.05) is 11.3 Å². The Balaban J connectivity index is 0.00000441. The van der Waals surface area contributed by atoms with Gasteiger partial charge in [-0.1, -0.05) is 20.8 Å². The Morgan fingerprint density at radius 1 is 1.27 bits per heavy atom. The van der Waals surface area contributed by atoms with Crippen molar-refractivity contribution < 1.29 is 0 Å². The van der Waals surface area contributed by atoms with Crippen molar-refractivity contribution in [1.29, 1.82) is 0 Å². The van der Waals surface area contributed by atoms with Crippen LogP contribution in [0.15, 0.2) is 4.99 Å². The van der Waals surface area contributed by atoms with Gasteiger partial charge in [-0.05, 0) is 32.6 Å². The lowest BCUT2D eigenvalue weighted by Gasteiger charge is -2.11. The van der Waals surface area contributed by atoms with Gasteiger partial charge in [-0.3, -0.25) is 4.99 Å². The number of hydrogen-bond donors (Lipinski definition) is 2. The molecule has 0 aliphatic carbocycles. The summed E-state index contributed by atoms with van der Waals surface area (Å²) in [6.07, 6.45) is 3.11. The first-order valence-corrected chi connectivity index (χ1v) is 8.85. The first-order chi connectivity index (χ1) is 10.1. The Morgan fingerprint density at radius 2 is 2.00 bits per heavy atom. The molecule has 0 spiro atoms. The lowest BCUT2D eigenvalue weighted by molar-refractivity contribution is 0.594. The molecule has 0 aliphatic rings. The van der Waals surface area contributed by atoms with Crippen LogP contribution in [0.1, 0.15) is 49.7 Å². The average Bonchev–Trinajstić information content (AvgIpc) is 2.78. The van der Waals surface area contributed by atoms with Gasteiger partial charge in [-0.25, -0.2) is 4.98 Å². The molecule has 22 heavy (non-hydrogen) atoms. The number of nitrogens with one attached hydrogen (secondary N) is 2. The highest BCUT2D eigenvalue weighted by Gasteiger charge is 2.06. The first kappa shape index (κ1) is 21.6. The molecule has 1 aromatic heterocycles. The molecule has 0 atom stereocenters. The number of halogens is 1. The van der Waals surface area contributed by atoms with Crippen molar-refractivity contribution in [1.82, 2.24) is 15.6 Å². The maximum absolute atomic E-state index is 4.67. The Labute approximate surface area is 156 Å². The number of aromatic nitrogens is 1. The molecule has 1 aromatic rings. The van der Waals surface area contributed by atoms with Crippen LogP contribution in [0, 0.1) is 12.8 Å². The lowest BCUT2D eigenvalue weighted by atomic mass is 10.1. The van der Waals surface area contributed by atoms with E-state index in [0.717, 1.165) is 44.9 Å². The van der Waals surface area contributed by atoms with Crippen LogP contribution in [0.5, 0.6) is 0 Å². The van der Waals surface area contributed by atoms with Gasteiger partial charge in [0.15, 0.2) is 5.96 Å². The maximum Gasteiger partial charge on any atom is 0.191 e. The lowest BCUT2D eigenvalue weighted by Crippen LogP contribution is -2.38. The van der Waals surface area contributed by atoms with Gasteiger partial charge in [0, 0.05) is 30.9 Å². The molecule has 0 saturated heterocycles. The van der Waals surface area contributed by atoms with E-state index in [1.165, 1.54) is 15.6 Å². The molecule has 1 rings (SSSR count). The Kier molecular flexibility index (Phi) is 11.9. The second-order valence-electron chi connectivity index (χ2n) is 5.58. The van der Waals surface area contributed by atoms with Crippen LogP contribution in [-0.4, -0.2) is 30.6 Å². The third-order valence-electron chi connectivity index (χ3n) is 3.22. The van der Waals surface area contributed by atoms with Gasteiger partial charge in [-0.15, -0.1) is 35.3 Å². The minimum atomic E-state index is 0. The normalized spacial score (nSPS) is 11.5. The summed E-state index contributed by atoms with van der Waals surface area (Å²) in [5.41, 5.74) is 1.24. The van der Waals surface area contributed by atoms with Crippen LogP contribution in [-0.2, 0) is 12.8 Å². The van der Waals surface area contributed by atoms with Gasteiger partial charge in [-0.2, -0.15) is 0 Å². The molecule has 0 fully saturated rings. The number of aliphatic imine (C=N–C) groups is 1. The fourth-order valence-corrected chi connectivity index (χ4v) is 3.01. The van der Waals surface area contributed by atoms with E-state index in [-0.39, 0.29) is 24.0 Å². The fourth-order valence-electron chi connectivity index (χ4n) is 1.99. The molecular formula is C16H31IN4S. The van der Waals surface area contributed by atoms with Crippen molar-refractivity contribution in [3.63, 3.8) is 0 Å². The van der Waals surface area contributed by atoms with E-state index >= 15 is 0 Å². The van der Waals surface area contributed by atoms with Crippen molar-refractivity contribution >= 4 is 41.3 Å². The number of aryl methyl sites for hydroxylation is 2. The molecule has 0 amide bonds. The van der Waals surface area contributed by atoms with Crippen LogP contribution in [0.25, 0.3) is 0 Å². The predicted octanol–water partition coefficient (Wildman–Crippen LogP) is 3.78. The van der Waals surface area contributed by atoms with E-state index < -0.39 is 0 Å². The van der Waals surface area contributed by atoms with Crippen LogP contribution < -0.4 is 10.6 Å². The van der Waals surface area contributed by atoms with Crippen molar-refractivity contribution in [2.24, 2.45) is 10.9 Å². The topological polar surface area (TPSA) is 49.3 Å². The maximum atomic E-state index is 4.67. The minimum absolute atomic E-state index is 0. The molecule has 6 heteroatoms. The monoisotopic (exact) mass is 438 g/mol. The number of thiazole rings is 1. The van der Waals surface area contributed by atoms with Crippen molar-refractivity contribution in [3.8, 4) is 0 Å². The number of rotatable bonds is 8. The molecule has 0 bridgehead atoms. The number of guanidine groups is 1. The summed E-state index contributed by atoms with van der Waals surface area (Å²) in [4.78, 5) is 10.6. The molecule has 0 radical (unpaired) electrons. The van der Waals surface area contributed by atoms with Crippen molar-refractivity contribution in [2.45, 2.75) is 53.9 Å². The highest BCUT2D eigenvalue weighted by atomic mass is 127. The van der Waals surface area contributed by atoms with Crippen molar-refractivity contribution in [3.05, 3.63) is 15.6 Å². The van der Waals surface area contributed by atoms with Gasteiger partial charge in [0.25, 0.3) is 0 Å². The van der Waals surface area contributed by atoms with Gasteiger partial charge in [0.05, 0.1) is 10.7 Å². The Morgan fingerprint density at radius 3 is 2.55 bits per heavy atom. The van der Waals surface area contributed by atoms with E-state index in [4.69, 9.17) is 0 Å². The summed E-state index contributed by atoms with van der Waals surface area (Å²) in [5, 5.41) is 7.90. The third kappa shape index (κ3) is 8.31. The van der Waals surface area contributed by atoms with E-state index in [0.29, 0.717) is 5.92 Å². The quantitative estimate of drug-likeness (QED) is 0.369. The molecule has 1 heterocycles. The standard InChI is InChI=1S/C16H30N4S.HI/c1-6-14-13(5)21-15(20-14)9-11-19-16(17-7-2)18-10-8-12(3)4;/h12H,6-11H2,1-5H3,(H2,17,18,19);1H. The van der Waals surface area contributed by atoms with Gasteiger partial charge < -0.3 is 10.6 Å². The second kappa shape index (κ2) is 12.1. The molecule has 0 aromatic carbocycles. The first-order valence-electron chi connectivity index (χ1n) is 8.04. The Hall–Kier alpha value is -0.370. The van der Waals surface area contributed by atoms with Crippen LogP contribution in [0.2, 0.25) is 0 Å². The van der Waals surface area contributed by atoms with E-state index in [1.54, 1.807) is 0 Å². The van der Waals surface area contributed by atoms with Gasteiger partial charge in [0.1, 0.15) is 0 Å². The molecule has 0 unspecified atom stereocenters. The smallest absolute Gasteiger partial charge is 0.191 e. The zero-order valence-electron chi connectivity index (χ0n) is 14.5. The van der Waals surface area contributed by atoms with E-state index in [2.05, 4.69) is 55.2 Å². The average molecular weight is 438 g/mol. The zero-order chi connectivity index (χ0) is 15.7. The summed E-state index contributed by atoms with van der Waals surface area (Å²) in [6, 6.07) is 0. The van der Waals surface area contributed by atoms with Crippen LogP contribution in [0.4, 0.5) is 0 Å². The largest absolute Gasteiger partial charge is 0.357 e. The fraction of sp³-hybridized carbons (Fsp3) is 0.750. The Bertz CT molecular complexity index is 443. The summed E-state index contributed by atoms with van der Waals surface area (Å²) in [6.45, 7) is 13.5. The van der Waals surface area contributed by atoms with Crippen LogP contribution >= 0.6 is 35.3 Å². The molecule has 128 valence electrons. The zero-order valence-corrected chi connectivity index (χ0v) is 17.7. The third-order valence-corrected chi connectivity index (χ3v) is 4.30. The van der Waals surface area contributed by atoms with Gasteiger partial charge >= 0.3 is 0 Å². The molecular weight excluding hydrogens is 407 g/mol. The molecule has 2 N–H and O–H groups in total. The van der Waals surface area contributed by atoms with Gasteiger partial charge in [0.2, 0.25) is 0 Å². The summed E-state index contributed by atoms with van der Waals surface area (Å²) >= 11 is 1.81. The van der Waals surface area contributed by atoms with Crippen molar-refractivity contribution in [2.75, 3.05) is 19.6 Å². The minimum Gasteiger partial charge on any atom is -0.357 e. The van der Waals surface area contributed by atoms with E-state index in [9.17, 15) is 0 Å². The van der Waals surface area contributed by atoms with Crippen LogP contribution in [0.3, 0.4) is 0 Å². The SMILES string of the molecule is CCNC(=NCCC(C)C)NCCc1nc(CC)c(C)s1.I. The predicted molar refractivity (Wildman–Crippen MR) is 109 cm³/mol. The number of hydrogen-bond acceptors (Lipinski definition) is 3. The number of nitrogens with zero attached hydrogens (tertiary/aromatic N) is 2. The summed E-state index contributed by atoms with van der Waals surface area (Å²) in [5.74, 6) is 1.62. The molecule has 4 nitrogen and oxygen atoms in total. The molecule has 0 aliphatic heterocycles.